The summed E-state index contributed by atoms with van der Waals surface area (Å²) in [6.07, 6.45) is 0.588. The Morgan fingerprint density at radius 3 is 2.69 bits per heavy atom. The van der Waals surface area contributed by atoms with Crippen molar-refractivity contribution in [2.24, 2.45) is 0 Å². The summed E-state index contributed by atoms with van der Waals surface area (Å²) in [5, 5.41) is 7.55. The van der Waals surface area contributed by atoms with E-state index in [0.717, 1.165) is 24.3 Å². The Morgan fingerprint density at radius 2 is 1.90 bits per heavy atom. The molecule has 29 heavy (non-hydrogen) atoms. The van der Waals surface area contributed by atoms with Crippen molar-refractivity contribution in [1.82, 2.24) is 10.1 Å². The van der Waals surface area contributed by atoms with Gasteiger partial charge in [-0.05, 0) is 12.1 Å². The van der Waals surface area contributed by atoms with Gasteiger partial charge in [-0.2, -0.15) is 4.98 Å². The number of ether oxygens (including phenoxy) is 1. The molecule has 3 aromatic rings. The number of aromatic nitrogens is 2. The van der Waals surface area contributed by atoms with Gasteiger partial charge in [0.1, 0.15) is 0 Å². The van der Waals surface area contributed by atoms with Gasteiger partial charge in [0.05, 0.1) is 29.6 Å². The molecule has 0 bridgehead atoms. The average Bonchev–Trinajstić information content (AvgIpc) is 3.23. The Morgan fingerprint density at radius 1 is 1.10 bits per heavy atom. The van der Waals surface area contributed by atoms with Gasteiger partial charge in [0.15, 0.2) is 0 Å². The van der Waals surface area contributed by atoms with Gasteiger partial charge < -0.3 is 19.5 Å². The molecule has 1 N–H and O–H groups in total. The minimum absolute atomic E-state index is 0.138. The number of benzene rings is 2. The SMILES string of the molecule is O=C(CCc1nc(-c2ccccc2)no1)Nc1cccc(Cl)c1N1CCOCC1. The Balaban J connectivity index is 1.39. The molecule has 1 saturated heterocycles. The third-order valence-corrected chi connectivity index (χ3v) is 4.96. The van der Waals surface area contributed by atoms with E-state index in [9.17, 15) is 4.79 Å². The predicted octanol–water partition coefficient (Wildman–Crippen LogP) is 3.80. The van der Waals surface area contributed by atoms with E-state index in [4.69, 9.17) is 20.9 Å². The van der Waals surface area contributed by atoms with E-state index in [0.29, 0.717) is 42.1 Å². The van der Waals surface area contributed by atoms with E-state index in [2.05, 4.69) is 20.4 Å². The van der Waals surface area contributed by atoms with Gasteiger partial charge in [-0.1, -0.05) is 53.2 Å². The van der Waals surface area contributed by atoms with Crippen LogP contribution in [0.15, 0.2) is 53.1 Å². The number of hydrogen-bond acceptors (Lipinski definition) is 6. The molecule has 0 saturated carbocycles. The third kappa shape index (κ3) is 4.75. The average molecular weight is 413 g/mol. The van der Waals surface area contributed by atoms with Crippen LogP contribution in [0.5, 0.6) is 0 Å². The molecular weight excluding hydrogens is 392 g/mol. The number of carbonyl (C=O) groups is 1. The first-order valence-electron chi connectivity index (χ1n) is 9.50. The number of nitrogens with zero attached hydrogens (tertiary/aromatic N) is 3. The van der Waals surface area contributed by atoms with Crippen molar-refractivity contribution in [3.05, 3.63) is 59.4 Å². The molecule has 4 rings (SSSR count). The lowest BCUT2D eigenvalue weighted by atomic mass is 10.2. The lowest BCUT2D eigenvalue weighted by Crippen LogP contribution is -2.37. The molecular formula is C21H21ClN4O3. The first kappa shape index (κ1) is 19.4. The van der Waals surface area contributed by atoms with Crippen LogP contribution >= 0.6 is 11.6 Å². The smallest absolute Gasteiger partial charge is 0.227 e. The summed E-state index contributed by atoms with van der Waals surface area (Å²) in [5.41, 5.74) is 2.40. The zero-order chi connectivity index (χ0) is 20.1. The topological polar surface area (TPSA) is 80.5 Å². The molecule has 0 spiro atoms. The maximum Gasteiger partial charge on any atom is 0.227 e. The van der Waals surface area contributed by atoms with E-state index in [1.54, 1.807) is 0 Å². The minimum atomic E-state index is -0.138. The summed E-state index contributed by atoms with van der Waals surface area (Å²) in [6, 6.07) is 15.1. The largest absolute Gasteiger partial charge is 0.378 e. The van der Waals surface area contributed by atoms with E-state index in [1.807, 2.05) is 48.5 Å². The van der Waals surface area contributed by atoms with Crippen molar-refractivity contribution in [3.63, 3.8) is 0 Å². The van der Waals surface area contributed by atoms with Crippen LogP contribution in [0.25, 0.3) is 11.4 Å². The number of amides is 1. The molecule has 1 aliphatic heterocycles. The minimum Gasteiger partial charge on any atom is -0.378 e. The van der Waals surface area contributed by atoms with Gasteiger partial charge in [-0.25, -0.2) is 0 Å². The molecule has 1 aliphatic rings. The van der Waals surface area contributed by atoms with Gasteiger partial charge >= 0.3 is 0 Å². The first-order valence-corrected chi connectivity index (χ1v) is 9.87. The predicted molar refractivity (Wildman–Crippen MR) is 111 cm³/mol. The van der Waals surface area contributed by atoms with Crippen LogP contribution in [0.4, 0.5) is 11.4 Å². The maximum atomic E-state index is 12.5. The second-order valence-electron chi connectivity index (χ2n) is 6.66. The third-order valence-electron chi connectivity index (χ3n) is 4.65. The number of halogens is 1. The molecule has 8 heteroatoms. The van der Waals surface area contributed by atoms with Gasteiger partial charge in [-0.15, -0.1) is 0 Å². The van der Waals surface area contributed by atoms with Crippen molar-refractivity contribution < 1.29 is 14.1 Å². The maximum absolute atomic E-state index is 12.5. The van der Waals surface area contributed by atoms with Gasteiger partial charge in [0.2, 0.25) is 17.6 Å². The molecule has 0 atom stereocenters. The summed E-state index contributed by atoms with van der Waals surface area (Å²) in [6.45, 7) is 2.74. The van der Waals surface area contributed by atoms with Crippen molar-refractivity contribution in [1.29, 1.82) is 0 Å². The molecule has 1 aromatic heterocycles. The van der Waals surface area contributed by atoms with Crippen molar-refractivity contribution in [2.45, 2.75) is 12.8 Å². The van der Waals surface area contributed by atoms with E-state index >= 15 is 0 Å². The van der Waals surface area contributed by atoms with Crippen molar-refractivity contribution >= 4 is 28.9 Å². The van der Waals surface area contributed by atoms with E-state index < -0.39 is 0 Å². The summed E-state index contributed by atoms with van der Waals surface area (Å²) < 4.78 is 10.7. The summed E-state index contributed by atoms with van der Waals surface area (Å²) >= 11 is 6.41. The Labute approximate surface area is 173 Å². The van der Waals surface area contributed by atoms with E-state index in [1.165, 1.54) is 0 Å². The van der Waals surface area contributed by atoms with E-state index in [-0.39, 0.29) is 12.3 Å². The number of morpholine rings is 1. The fourth-order valence-corrected chi connectivity index (χ4v) is 3.51. The van der Waals surface area contributed by atoms with Gasteiger partial charge in [0, 0.05) is 31.5 Å². The quantitative estimate of drug-likeness (QED) is 0.663. The zero-order valence-electron chi connectivity index (χ0n) is 15.8. The number of anilines is 2. The number of carbonyl (C=O) groups excluding carboxylic acids is 1. The summed E-state index contributed by atoms with van der Waals surface area (Å²) in [5.74, 6) is 0.810. The fraction of sp³-hybridized carbons (Fsp3) is 0.286. The monoisotopic (exact) mass is 412 g/mol. The van der Waals surface area contributed by atoms with Crippen LogP contribution in [0, 0.1) is 0 Å². The lowest BCUT2D eigenvalue weighted by Gasteiger charge is -2.31. The number of para-hydroxylation sites is 1. The molecule has 7 nitrogen and oxygen atoms in total. The van der Waals surface area contributed by atoms with Crippen LogP contribution < -0.4 is 10.2 Å². The second-order valence-corrected chi connectivity index (χ2v) is 7.07. The molecule has 150 valence electrons. The highest BCUT2D eigenvalue weighted by Crippen LogP contribution is 2.34. The van der Waals surface area contributed by atoms with Crippen LogP contribution in [-0.2, 0) is 16.0 Å². The van der Waals surface area contributed by atoms with Gasteiger partial charge in [-0.3, -0.25) is 4.79 Å². The highest BCUT2D eigenvalue weighted by atomic mass is 35.5. The number of hydrogen-bond donors (Lipinski definition) is 1. The van der Waals surface area contributed by atoms with Crippen molar-refractivity contribution in [2.75, 3.05) is 36.5 Å². The van der Waals surface area contributed by atoms with Crippen LogP contribution in [0.3, 0.4) is 0 Å². The molecule has 1 amide bonds. The number of rotatable bonds is 6. The Kier molecular flexibility index (Phi) is 6.07. The lowest BCUT2D eigenvalue weighted by molar-refractivity contribution is -0.116. The second kappa shape index (κ2) is 9.07. The molecule has 0 aliphatic carbocycles. The summed E-state index contributed by atoms with van der Waals surface area (Å²) in [4.78, 5) is 19.0. The molecule has 0 radical (unpaired) electrons. The van der Waals surface area contributed by atoms with Crippen LogP contribution in [0.2, 0.25) is 5.02 Å². The first-order chi connectivity index (χ1) is 14.2. The van der Waals surface area contributed by atoms with Crippen molar-refractivity contribution in [3.8, 4) is 11.4 Å². The van der Waals surface area contributed by atoms with Crippen LogP contribution in [0.1, 0.15) is 12.3 Å². The Hall–Kier alpha value is -2.90. The molecule has 2 heterocycles. The number of aryl methyl sites for hydroxylation is 1. The summed E-state index contributed by atoms with van der Waals surface area (Å²) in [7, 11) is 0. The van der Waals surface area contributed by atoms with Crippen LogP contribution in [-0.4, -0.2) is 42.4 Å². The van der Waals surface area contributed by atoms with Gasteiger partial charge in [0.25, 0.3) is 0 Å². The highest BCUT2D eigenvalue weighted by molar-refractivity contribution is 6.34. The zero-order valence-corrected chi connectivity index (χ0v) is 16.6. The fourth-order valence-electron chi connectivity index (χ4n) is 3.22. The number of nitrogens with one attached hydrogen (secondary N) is 1. The molecule has 2 aromatic carbocycles. The Bertz CT molecular complexity index is 971. The highest BCUT2D eigenvalue weighted by Gasteiger charge is 2.19. The standard InChI is InChI=1S/C21H21ClN4O3/c22-16-7-4-8-17(20(16)26-11-13-28-14-12-26)23-18(27)9-10-19-24-21(25-29-19)15-5-2-1-3-6-15/h1-8H,9-14H2,(H,23,27). The molecule has 0 unspecified atom stereocenters. The molecule has 1 fully saturated rings. The normalized spacial score (nSPS) is 14.0.